The molecular formula is C8H13NO3. The molecule has 1 amide bonds. The molecule has 0 aliphatic heterocycles. The van der Waals surface area contributed by atoms with E-state index < -0.39 is 12.4 Å². The van der Waals surface area contributed by atoms with Crippen molar-refractivity contribution in [3.8, 4) is 0 Å². The van der Waals surface area contributed by atoms with Crippen LogP contribution in [0.1, 0.15) is 19.8 Å². The maximum absolute atomic E-state index is 10.8. The summed E-state index contributed by atoms with van der Waals surface area (Å²) in [5.74, 6) is -0.198. The number of carbonyl (C=O) groups is 2. The van der Waals surface area contributed by atoms with Crippen molar-refractivity contribution in [1.82, 2.24) is 5.32 Å². The van der Waals surface area contributed by atoms with Gasteiger partial charge in [-0.05, 0) is 18.3 Å². The number of amides is 1. The number of carboxylic acids is 1. The van der Waals surface area contributed by atoms with E-state index in [9.17, 15) is 9.59 Å². The molecule has 0 radical (unpaired) electrons. The van der Waals surface area contributed by atoms with E-state index in [1.165, 1.54) is 0 Å². The molecule has 2 atom stereocenters. The van der Waals surface area contributed by atoms with Crippen molar-refractivity contribution < 1.29 is 14.7 Å². The lowest BCUT2D eigenvalue weighted by Gasteiger charge is -2.00. The molecule has 1 aliphatic carbocycles. The molecule has 1 fully saturated rings. The summed E-state index contributed by atoms with van der Waals surface area (Å²) in [4.78, 5) is 20.9. The van der Waals surface area contributed by atoms with Crippen LogP contribution in [0.2, 0.25) is 0 Å². The van der Waals surface area contributed by atoms with E-state index in [-0.39, 0.29) is 5.91 Å². The van der Waals surface area contributed by atoms with Crippen LogP contribution in [0.4, 0.5) is 0 Å². The van der Waals surface area contributed by atoms with Gasteiger partial charge < -0.3 is 10.4 Å². The lowest BCUT2D eigenvalue weighted by molar-refractivity contribution is -0.140. The summed E-state index contributed by atoms with van der Waals surface area (Å²) in [6.45, 7) is 2.75. The fourth-order valence-electron chi connectivity index (χ4n) is 1.13. The number of carbonyl (C=O) groups excluding carboxylic acids is 1. The topological polar surface area (TPSA) is 66.4 Å². The van der Waals surface area contributed by atoms with Gasteiger partial charge in [-0.2, -0.15) is 0 Å². The minimum absolute atomic E-state index is 0.387. The molecule has 0 saturated heterocycles. The van der Waals surface area contributed by atoms with Crippen molar-refractivity contribution in [2.24, 2.45) is 11.8 Å². The van der Waals surface area contributed by atoms with Gasteiger partial charge in [0.05, 0.1) is 0 Å². The van der Waals surface area contributed by atoms with E-state index in [4.69, 9.17) is 5.11 Å². The van der Waals surface area contributed by atoms with Crippen LogP contribution < -0.4 is 5.32 Å². The maximum atomic E-state index is 10.8. The number of hydrogen-bond donors (Lipinski definition) is 2. The van der Waals surface area contributed by atoms with E-state index in [0.29, 0.717) is 18.4 Å². The van der Waals surface area contributed by atoms with Gasteiger partial charge in [0.25, 0.3) is 0 Å². The highest BCUT2D eigenvalue weighted by molar-refractivity contribution is 5.93. The Bertz CT molecular complexity index is 202. The van der Waals surface area contributed by atoms with Crippen LogP contribution in [0.3, 0.4) is 0 Å². The molecule has 0 aromatic heterocycles. The van der Waals surface area contributed by atoms with Gasteiger partial charge in [-0.25, -0.2) is 0 Å². The molecule has 0 spiro atoms. The van der Waals surface area contributed by atoms with Gasteiger partial charge in [-0.15, -0.1) is 0 Å². The first-order chi connectivity index (χ1) is 5.59. The average molecular weight is 171 g/mol. The molecule has 0 bridgehead atoms. The largest absolute Gasteiger partial charge is 0.481 e. The number of rotatable bonds is 4. The Kier molecular flexibility index (Phi) is 2.68. The highest BCUT2D eigenvalue weighted by Crippen LogP contribution is 2.36. The molecule has 1 rings (SSSR count). The van der Waals surface area contributed by atoms with Crippen molar-refractivity contribution in [2.45, 2.75) is 19.8 Å². The van der Waals surface area contributed by atoms with Crippen LogP contribution in [-0.4, -0.2) is 23.5 Å². The highest BCUT2D eigenvalue weighted by atomic mass is 16.4. The molecule has 1 saturated carbocycles. The van der Waals surface area contributed by atoms with Gasteiger partial charge in [-0.3, -0.25) is 9.59 Å². The molecule has 12 heavy (non-hydrogen) atoms. The molecule has 2 N–H and O–H groups in total. The van der Waals surface area contributed by atoms with Crippen LogP contribution in [0.5, 0.6) is 0 Å². The molecule has 68 valence electrons. The van der Waals surface area contributed by atoms with Gasteiger partial charge in [0.2, 0.25) is 5.91 Å². The monoisotopic (exact) mass is 171 g/mol. The van der Waals surface area contributed by atoms with Crippen LogP contribution in [0.15, 0.2) is 0 Å². The summed E-state index contributed by atoms with van der Waals surface area (Å²) in [6, 6.07) is 0. The van der Waals surface area contributed by atoms with Crippen molar-refractivity contribution in [3.05, 3.63) is 0 Å². The average Bonchev–Trinajstić information content (AvgIpc) is 2.61. The van der Waals surface area contributed by atoms with E-state index in [1.807, 2.05) is 0 Å². The smallest absolute Gasteiger partial charge is 0.312 e. The second-order valence-electron chi connectivity index (χ2n) is 3.35. The third-order valence-corrected chi connectivity index (χ3v) is 2.15. The molecule has 4 nitrogen and oxygen atoms in total. The Morgan fingerprint density at radius 1 is 1.58 bits per heavy atom. The number of hydrogen-bond acceptors (Lipinski definition) is 2. The summed E-state index contributed by atoms with van der Waals surface area (Å²) >= 11 is 0. The number of carboxylic acid groups (broad SMARTS) is 1. The first-order valence-electron chi connectivity index (χ1n) is 4.08. The predicted octanol–water partition coefficient (Wildman–Crippen LogP) is 0.233. The van der Waals surface area contributed by atoms with Crippen LogP contribution in [0.25, 0.3) is 0 Å². The summed E-state index contributed by atoms with van der Waals surface area (Å²) in [5, 5.41) is 10.8. The van der Waals surface area contributed by atoms with Crippen molar-refractivity contribution in [3.63, 3.8) is 0 Å². The van der Waals surface area contributed by atoms with Gasteiger partial charge in [0.15, 0.2) is 0 Å². The van der Waals surface area contributed by atoms with E-state index >= 15 is 0 Å². The third kappa shape index (κ3) is 2.90. The third-order valence-electron chi connectivity index (χ3n) is 2.15. The Hall–Kier alpha value is -1.06. The van der Waals surface area contributed by atoms with Crippen molar-refractivity contribution in [1.29, 1.82) is 0 Å². The summed E-state index contributed by atoms with van der Waals surface area (Å²) < 4.78 is 0. The molecule has 0 aromatic rings. The van der Waals surface area contributed by atoms with Crippen LogP contribution >= 0.6 is 0 Å². The SMILES string of the molecule is CC1CC1CNC(=O)CC(=O)O. The Morgan fingerprint density at radius 2 is 2.17 bits per heavy atom. The zero-order valence-corrected chi connectivity index (χ0v) is 7.04. The molecule has 4 heteroatoms. The Labute approximate surface area is 71.0 Å². The van der Waals surface area contributed by atoms with Crippen LogP contribution in [-0.2, 0) is 9.59 Å². The van der Waals surface area contributed by atoms with Gasteiger partial charge in [0.1, 0.15) is 6.42 Å². The summed E-state index contributed by atoms with van der Waals surface area (Å²) in [7, 11) is 0. The summed E-state index contributed by atoms with van der Waals surface area (Å²) in [5.41, 5.74) is 0. The zero-order chi connectivity index (χ0) is 9.14. The molecular weight excluding hydrogens is 158 g/mol. The number of nitrogens with one attached hydrogen (secondary N) is 1. The predicted molar refractivity (Wildman–Crippen MR) is 42.5 cm³/mol. The second-order valence-corrected chi connectivity index (χ2v) is 3.35. The Morgan fingerprint density at radius 3 is 2.58 bits per heavy atom. The lowest BCUT2D eigenvalue weighted by Crippen LogP contribution is -2.27. The normalized spacial score (nSPS) is 26.4. The molecule has 0 heterocycles. The van der Waals surface area contributed by atoms with Crippen LogP contribution in [0, 0.1) is 11.8 Å². The summed E-state index contributed by atoms with van der Waals surface area (Å²) in [6.07, 6.45) is 0.731. The van der Waals surface area contributed by atoms with Gasteiger partial charge in [0, 0.05) is 6.54 Å². The first-order valence-corrected chi connectivity index (χ1v) is 4.08. The van der Waals surface area contributed by atoms with E-state index in [2.05, 4.69) is 12.2 Å². The molecule has 0 aromatic carbocycles. The highest BCUT2D eigenvalue weighted by Gasteiger charge is 2.32. The zero-order valence-electron chi connectivity index (χ0n) is 7.04. The van der Waals surface area contributed by atoms with E-state index in [0.717, 1.165) is 6.42 Å². The quantitative estimate of drug-likeness (QED) is 0.595. The van der Waals surface area contributed by atoms with Crippen molar-refractivity contribution >= 4 is 11.9 Å². The lowest BCUT2D eigenvalue weighted by atomic mass is 10.3. The number of aliphatic carboxylic acids is 1. The molecule has 2 unspecified atom stereocenters. The first kappa shape index (κ1) is 9.03. The molecule has 1 aliphatic rings. The minimum Gasteiger partial charge on any atom is -0.481 e. The maximum Gasteiger partial charge on any atom is 0.312 e. The fraction of sp³-hybridized carbons (Fsp3) is 0.750. The van der Waals surface area contributed by atoms with Gasteiger partial charge >= 0.3 is 5.97 Å². The van der Waals surface area contributed by atoms with Crippen molar-refractivity contribution in [2.75, 3.05) is 6.54 Å². The second kappa shape index (κ2) is 3.56. The Balaban J connectivity index is 2.06. The fourth-order valence-corrected chi connectivity index (χ4v) is 1.13. The standard InChI is InChI=1S/C8H13NO3/c1-5-2-6(5)4-9-7(10)3-8(11)12/h5-6H,2-4H2,1H3,(H,9,10)(H,11,12). The minimum atomic E-state index is -1.07. The van der Waals surface area contributed by atoms with E-state index in [1.54, 1.807) is 0 Å². The van der Waals surface area contributed by atoms with Gasteiger partial charge in [-0.1, -0.05) is 6.92 Å².